The molecule has 3 aliphatic rings. The Kier molecular flexibility index (Phi) is 1.74. The van der Waals surface area contributed by atoms with Crippen molar-refractivity contribution in [2.24, 2.45) is 23.7 Å². The second-order valence-corrected chi connectivity index (χ2v) is 11.3. The van der Waals surface area contributed by atoms with Gasteiger partial charge in [0.2, 0.25) is 0 Å². The van der Waals surface area contributed by atoms with Crippen molar-refractivity contribution < 1.29 is 4.79 Å². The first kappa shape index (κ1) is 9.58. The van der Waals surface area contributed by atoms with Gasteiger partial charge in [-0.1, -0.05) is 37.9 Å². The molecular formula is C13H18OSi. The minimum absolute atomic E-state index is 0.335. The van der Waals surface area contributed by atoms with Crippen LogP contribution in [0.2, 0.25) is 19.6 Å². The molecule has 2 bridgehead atoms. The molecule has 0 N–H and O–H groups in total. The quantitative estimate of drug-likeness (QED) is 0.488. The molecule has 3 rings (SSSR count). The highest BCUT2D eigenvalue weighted by Gasteiger charge is 2.52. The third-order valence-electron chi connectivity index (χ3n) is 4.26. The highest BCUT2D eigenvalue weighted by atomic mass is 28.3. The predicted molar refractivity (Wildman–Crippen MR) is 64.2 cm³/mol. The molecule has 0 aromatic heterocycles. The molecule has 0 aromatic carbocycles. The Hall–Kier alpha value is -0.633. The number of allylic oxidation sites excluding steroid dienone is 4. The molecule has 1 fully saturated rings. The fraction of sp³-hybridized carbons (Fsp3) is 0.615. The summed E-state index contributed by atoms with van der Waals surface area (Å²) in [4.78, 5) is 12.4. The van der Waals surface area contributed by atoms with Gasteiger partial charge >= 0.3 is 0 Å². The molecule has 0 unspecified atom stereocenters. The number of rotatable bonds is 1. The van der Waals surface area contributed by atoms with E-state index in [1.54, 1.807) is 0 Å². The summed E-state index contributed by atoms with van der Waals surface area (Å²) in [5.74, 6) is 2.64. The van der Waals surface area contributed by atoms with Crippen molar-refractivity contribution in [3.05, 3.63) is 23.4 Å². The van der Waals surface area contributed by atoms with Gasteiger partial charge in [0.1, 0.15) is 0 Å². The van der Waals surface area contributed by atoms with E-state index in [1.165, 1.54) is 11.6 Å². The van der Waals surface area contributed by atoms with Crippen molar-refractivity contribution in [2.45, 2.75) is 26.1 Å². The Balaban J connectivity index is 1.99. The summed E-state index contributed by atoms with van der Waals surface area (Å²) in [6, 6.07) is 0. The van der Waals surface area contributed by atoms with Gasteiger partial charge in [-0.2, -0.15) is 0 Å². The lowest BCUT2D eigenvalue weighted by Crippen LogP contribution is -2.31. The Morgan fingerprint density at radius 1 is 1.20 bits per heavy atom. The van der Waals surface area contributed by atoms with E-state index in [9.17, 15) is 4.79 Å². The number of hydrogen-bond acceptors (Lipinski definition) is 1. The van der Waals surface area contributed by atoms with E-state index in [4.69, 9.17) is 0 Å². The molecule has 0 aromatic rings. The summed E-state index contributed by atoms with van der Waals surface area (Å²) in [7, 11) is -1.40. The van der Waals surface area contributed by atoms with E-state index in [0.29, 0.717) is 29.5 Å². The Bertz CT molecular complexity index is 386. The molecule has 4 atom stereocenters. The summed E-state index contributed by atoms with van der Waals surface area (Å²) >= 11 is 0. The van der Waals surface area contributed by atoms with Crippen LogP contribution in [0.3, 0.4) is 0 Å². The normalized spacial score (nSPS) is 42.3. The summed E-state index contributed by atoms with van der Waals surface area (Å²) < 4.78 is 0. The molecule has 1 nitrogen and oxygen atoms in total. The van der Waals surface area contributed by atoms with Gasteiger partial charge in [-0.25, -0.2) is 0 Å². The van der Waals surface area contributed by atoms with Crippen LogP contribution in [0.1, 0.15) is 6.42 Å². The first-order valence-corrected chi connectivity index (χ1v) is 9.43. The second-order valence-electron chi connectivity index (χ2n) is 6.25. The van der Waals surface area contributed by atoms with Gasteiger partial charge < -0.3 is 0 Å². The minimum Gasteiger partial charge on any atom is -0.295 e. The molecule has 15 heavy (non-hydrogen) atoms. The van der Waals surface area contributed by atoms with Crippen LogP contribution in [-0.4, -0.2) is 13.9 Å². The Morgan fingerprint density at radius 3 is 2.47 bits per heavy atom. The zero-order chi connectivity index (χ0) is 10.8. The second kappa shape index (κ2) is 2.73. The molecule has 0 heterocycles. The smallest absolute Gasteiger partial charge is 0.158 e. The van der Waals surface area contributed by atoms with Crippen molar-refractivity contribution in [1.29, 1.82) is 0 Å². The van der Waals surface area contributed by atoms with E-state index in [0.717, 1.165) is 0 Å². The number of fused-ring (bicyclic) bond motifs is 5. The van der Waals surface area contributed by atoms with Crippen LogP contribution in [0.15, 0.2) is 23.4 Å². The summed E-state index contributed by atoms with van der Waals surface area (Å²) in [6.45, 7) is 6.85. The number of hydrogen-bond donors (Lipinski definition) is 0. The summed E-state index contributed by atoms with van der Waals surface area (Å²) in [5, 5.41) is 1.22. The van der Waals surface area contributed by atoms with E-state index < -0.39 is 8.07 Å². The SMILES string of the molecule is C[Si](C)(C)C1=C[C@@H]2[C@H](C1=O)[C@H]1C=C[C@@H]2C1. The van der Waals surface area contributed by atoms with Gasteiger partial charge in [-0.15, -0.1) is 0 Å². The molecule has 0 spiro atoms. The minimum atomic E-state index is -1.40. The molecule has 0 amide bonds. The van der Waals surface area contributed by atoms with Crippen LogP contribution in [0.5, 0.6) is 0 Å². The summed E-state index contributed by atoms with van der Waals surface area (Å²) in [6.07, 6.45) is 8.19. The lowest BCUT2D eigenvalue weighted by Gasteiger charge is -2.20. The van der Waals surface area contributed by atoms with Gasteiger partial charge in [0.05, 0.1) is 8.07 Å². The number of carbonyl (C=O) groups excluding carboxylic acids is 1. The lowest BCUT2D eigenvalue weighted by atomic mass is 9.85. The first-order valence-electron chi connectivity index (χ1n) is 5.93. The van der Waals surface area contributed by atoms with E-state index in [2.05, 4.69) is 37.9 Å². The van der Waals surface area contributed by atoms with E-state index in [1.807, 2.05) is 0 Å². The van der Waals surface area contributed by atoms with Crippen LogP contribution >= 0.6 is 0 Å². The maximum absolute atomic E-state index is 12.4. The molecule has 0 saturated heterocycles. The standard InChI is InChI=1S/C13H18OSi/c1-15(2,3)11-7-10-8-4-5-9(6-8)12(10)13(11)14/h4-5,7-10,12H,6H2,1-3H3/t8-,9+,10+,12-/m1/s1. The van der Waals surface area contributed by atoms with Crippen LogP contribution in [-0.2, 0) is 4.79 Å². The predicted octanol–water partition coefficient (Wildman–Crippen LogP) is 2.81. The third kappa shape index (κ3) is 1.17. The monoisotopic (exact) mass is 218 g/mol. The maximum Gasteiger partial charge on any atom is 0.158 e. The van der Waals surface area contributed by atoms with E-state index in [-0.39, 0.29) is 0 Å². The average Bonchev–Trinajstić information content (AvgIpc) is 2.73. The van der Waals surface area contributed by atoms with Crippen molar-refractivity contribution >= 4 is 13.9 Å². The zero-order valence-electron chi connectivity index (χ0n) is 9.66. The molecule has 0 aliphatic heterocycles. The maximum atomic E-state index is 12.4. The highest BCUT2D eigenvalue weighted by Crippen LogP contribution is 2.53. The molecule has 80 valence electrons. The molecular weight excluding hydrogens is 200 g/mol. The van der Waals surface area contributed by atoms with Gasteiger partial charge in [0.25, 0.3) is 0 Å². The topological polar surface area (TPSA) is 17.1 Å². The van der Waals surface area contributed by atoms with Crippen LogP contribution < -0.4 is 0 Å². The molecule has 3 aliphatic carbocycles. The Labute approximate surface area is 92.3 Å². The first-order chi connectivity index (χ1) is 6.98. The van der Waals surface area contributed by atoms with Gasteiger partial charge in [0, 0.05) is 5.92 Å². The van der Waals surface area contributed by atoms with Crippen LogP contribution in [0.25, 0.3) is 0 Å². The zero-order valence-corrected chi connectivity index (χ0v) is 10.7. The number of Topliss-reactive ketones (excluding diaryl/α,β-unsaturated/α-hetero) is 1. The van der Waals surface area contributed by atoms with Crippen LogP contribution in [0, 0.1) is 23.7 Å². The fourth-order valence-corrected chi connectivity index (χ4v) is 5.13. The number of carbonyl (C=O) groups is 1. The van der Waals surface area contributed by atoms with Crippen molar-refractivity contribution in [3.8, 4) is 0 Å². The molecule has 1 saturated carbocycles. The average molecular weight is 218 g/mol. The molecule has 2 heteroatoms. The van der Waals surface area contributed by atoms with Crippen LogP contribution in [0.4, 0.5) is 0 Å². The van der Waals surface area contributed by atoms with Crippen molar-refractivity contribution in [3.63, 3.8) is 0 Å². The van der Waals surface area contributed by atoms with E-state index >= 15 is 0 Å². The van der Waals surface area contributed by atoms with Crippen molar-refractivity contribution in [2.75, 3.05) is 0 Å². The van der Waals surface area contributed by atoms with Gasteiger partial charge in [0.15, 0.2) is 5.78 Å². The fourth-order valence-electron chi connectivity index (χ4n) is 3.53. The summed E-state index contributed by atoms with van der Waals surface area (Å²) in [5.41, 5.74) is 0. The number of ketones is 1. The van der Waals surface area contributed by atoms with Gasteiger partial charge in [-0.3, -0.25) is 4.79 Å². The lowest BCUT2D eigenvalue weighted by molar-refractivity contribution is -0.119. The molecule has 0 radical (unpaired) electrons. The largest absolute Gasteiger partial charge is 0.295 e. The third-order valence-corrected chi connectivity index (χ3v) is 6.28. The van der Waals surface area contributed by atoms with Gasteiger partial charge in [-0.05, 0) is 29.4 Å². The Morgan fingerprint density at radius 2 is 1.87 bits per heavy atom. The highest BCUT2D eigenvalue weighted by molar-refractivity contribution is 6.87. The van der Waals surface area contributed by atoms with Crippen molar-refractivity contribution in [1.82, 2.24) is 0 Å².